The summed E-state index contributed by atoms with van der Waals surface area (Å²) in [5, 5.41) is 5.30. The number of rotatable bonds is 5. The molecule has 2 aliphatic heterocycles. The van der Waals surface area contributed by atoms with Gasteiger partial charge < -0.3 is 4.74 Å². The van der Waals surface area contributed by atoms with E-state index in [4.69, 9.17) is 32.9 Å². The van der Waals surface area contributed by atoms with E-state index in [2.05, 4.69) is 5.01 Å². The predicted molar refractivity (Wildman–Crippen MR) is 121 cm³/mol. The third kappa shape index (κ3) is 5.09. The second-order valence-corrected chi connectivity index (χ2v) is 8.56. The number of benzene rings is 2. The van der Waals surface area contributed by atoms with Gasteiger partial charge in [0.05, 0.1) is 30.3 Å². The molecule has 0 atom stereocenters. The lowest BCUT2D eigenvalue weighted by molar-refractivity contribution is -0.0946. The molecule has 1 saturated heterocycles. The zero-order valence-electron chi connectivity index (χ0n) is 17.1. The van der Waals surface area contributed by atoms with Crippen LogP contribution >= 0.6 is 23.2 Å². The van der Waals surface area contributed by atoms with Gasteiger partial charge in [-0.1, -0.05) is 47.5 Å². The Balaban J connectivity index is 1.85. The molecule has 0 radical (unpaired) electrons. The number of hydrazine groups is 1. The average Bonchev–Trinajstić information content (AvgIpc) is 2.75. The predicted octanol–water partition coefficient (Wildman–Crippen LogP) is 5.87. The molecule has 2 heterocycles. The van der Waals surface area contributed by atoms with Crippen molar-refractivity contribution in [3.05, 3.63) is 69.7 Å². The smallest absolute Gasteiger partial charge is 0.250 e. The van der Waals surface area contributed by atoms with Crippen LogP contribution in [0.25, 0.3) is 11.4 Å². The van der Waals surface area contributed by atoms with E-state index in [-0.39, 0.29) is 25.9 Å². The van der Waals surface area contributed by atoms with E-state index in [0.29, 0.717) is 23.2 Å². The highest BCUT2D eigenvalue weighted by Crippen LogP contribution is 2.38. The number of hydrogen-bond donors (Lipinski definition) is 0. The lowest BCUT2D eigenvalue weighted by atomic mass is 10.0. The summed E-state index contributed by atoms with van der Waals surface area (Å²) >= 11 is 12.2. The van der Waals surface area contributed by atoms with Gasteiger partial charge in [0.2, 0.25) is 0 Å². The van der Waals surface area contributed by atoms with Crippen molar-refractivity contribution >= 4 is 40.3 Å². The molecule has 8 heteroatoms. The minimum absolute atomic E-state index is 0.176. The Morgan fingerprint density at radius 2 is 1.48 bits per heavy atom. The van der Waals surface area contributed by atoms with Crippen LogP contribution in [0.4, 0.5) is 8.78 Å². The summed E-state index contributed by atoms with van der Waals surface area (Å²) in [5.41, 5.74) is 4.21. The maximum atomic E-state index is 13.9. The first-order valence-electron chi connectivity index (χ1n) is 10.1. The maximum Gasteiger partial charge on any atom is 0.250 e. The first-order chi connectivity index (χ1) is 14.9. The van der Waals surface area contributed by atoms with Gasteiger partial charge >= 0.3 is 0 Å². The van der Waals surface area contributed by atoms with Gasteiger partial charge in [-0.3, -0.25) is 10.0 Å². The Hall–Kier alpha value is -1.99. The largest absolute Gasteiger partial charge is 0.379 e. The number of methoxy groups -OCH3 is 1. The Kier molecular flexibility index (Phi) is 6.63. The minimum atomic E-state index is -2.63. The van der Waals surface area contributed by atoms with Gasteiger partial charge in [0.1, 0.15) is 0 Å². The first kappa shape index (κ1) is 22.2. The maximum absolute atomic E-state index is 13.9. The summed E-state index contributed by atoms with van der Waals surface area (Å²) in [4.78, 5) is 4.90. The molecule has 0 bridgehead atoms. The molecule has 0 spiro atoms. The zero-order valence-corrected chi connectivity index (χ0v) is 18.6. The SMILES string of the molecule is COCC1=NC(c2ccc(Cl)cc2)=C(c2ccc(Cl)cc2)N(N2CCC(F)(F)CC2)C1. The van der Waals surface area contributed by atoms with Crippen LogP contribution < -0.4 is 0 Å². The van der Waals surface area contributed by atoms with E-state index < -0.39 is 5.92 Å². The third-order valence-corrected chi connectivity index (χ3v) is 5.95. The van der Waals surface area contributed by atoms with E-state index >= 15 is 0 Å². The molecular weight excluding hydrogens is 443 g/mol. The molecule has 31 heavy (non-hydrogen) atoms. The zero-order chi connectivity index (χ0) is 22.0. The lowest BCUT2D eigenvalue weighted by Crippen LogP contribution is -2.51. The van der Waals surface area contributed by atoms with Crippen molar-refractivity contribution in [3.63, 3.8) is 0 Å². The molecule has 164 valence electrons. The first-order valence-corrected chi connectivity index (χ1v) is 10.8. The van der Waals surface area contributed by atoms with Crippen molar-refractivity contribution in [2.45, 2.75) is 18.8 Å². The quantitative estimate of drug-likeness (QED) is 0.552. The molecule has 1 fully saturated rings. The summed E-state index contributed by atoms with van der Waals surface area (Å²) in [5.74, 6) is -2.63. The highest BCUT2D eigenvalue weighted by molar-refractivity contribution is 6.31. The fourth-order valence-corrected chi connectivity index (χ4v) is 4.12. The molecule has 0 aromatic heterocycles. The van der Waals surface area contributed by atoms with Crippen LogP contribution in [0.2, 0.25) is 10.0 Å². The van der Waals surface area contributed by atoms with Gasteiger partial charge in [-0.05, 0) is 24.3 Å². The summed E-state index contributed by atoms with van der Waals surface area (Å²) in [6.07, 6.45) is -0.352. The highest BCUT2D eigenvalue weighted by atomic mass is 35.5. The van der Waals surface area contributed by atoms with Crippen molar-refractivity contribution in [3.8, 4) is 0 Å². The van der Waals surface area contributed by atoms with Crippen molar-refractivity contribution in [1.82, 2.24) is 10.0 Å². The highest BCUT2D eigenvalue weighted by Gasteiger charge is 2.38. The average molecular weight is 466 g/mol. The van der Waals surface area contributed by atoms with E-state index in [1.54, 1.807) is 7.11 Å². The van der Waals surface area contributed by atoms with Gasteiger partial charge in [0.15, 0.2) is 0 Å². The van der Waals surface area contributed by atoms with Crippen LogP contribution in [0.1, 0.15) is 24.0 Å². The summed E-state index contributed by atoms with van der Waals surface area (Å²) < 4.78 is 33.1. The Morgan fingerprint density at radius 1 is 0.935 bits per heavy atom. The molecule has 2 aromatic rings. The fraction of sp³-hybridized carbons (Fsp3) is 0.348. The second kappa shape index (κ2) is 9.25. The van der Waals surface area contributed by atoms with Gasteiger partial charge in [0.25, 0.3) is 5.92 Å². The monoisotopic (exact) mass is 465 g/mol. The molecule has 4 rings (SSSR count). The minimum Gasteiger partial charge on any atom is -0.379 e. The molecule has 2 aliphatic rings. The van der Waals surface area contributed by atoms with Crippen LogP contribution in [-0.4, -0.2) is 55.0 Å². The molecule has 4 nitrogen and oxygen atoms in total. The molecule has 0 amide bonds. The molecule has 0 aliphatic carbocycles. The van der Waals surface area contributed by atoms with Crippen molar-refractivity contribution in [2.24, 2.45) is 4.99 Å². The van der Waals surface area contributed by atoms with E-state index in [9.17, 15) is 8.78 Å². The van der Waals surface area contributed by atoms with Crippen molar-refractivity contribution < 1.29 is 13.5 Å². The Bertz CT molecular complexity index is 981. The topological polar surface area (TPSA) is 28.1 Å². The fourth-order valence-electron chi connectivity index (χ4n) is 3.87. The molecule has 0 unspecified atom stereocenters. The number of nitrogens with zero attached hydrogens (tertiary/aromatic N) is 3. The van der Waals surface area contributed by atoms with Crippen LogP contribution in [0.3, 0.4) is 0 Å². The lowest BCUT2D eigenvalue weighted by Gasteiger charge is -2.44. The third-order valence-electron chi connectivity index (χ3n) is 5.44. The standard InChI is InChI=1S/C23H23Cl2F2N3O/c1-31-15-20-14-30(29-12-10-23(26,27)11-13-29)22(17-4-8-19(25)9-5-17)21(28-20)16-2-6-18(24)7-3-16/h2-9H,10-15H2,1H3. The van der Waals surface area contributed by atoms with Crippen molar-refractivity contribution in [1.29, 1.82) is 0 Å². The van der Waals surface area contributed by atoms with E-state index in [0.717, 1.165) is 28.2 Å². The Morgan fingerprint density at radius 3 is 2.03 bits per heavy atom. The van der Waals surface area contributed by atoms with Crippen molar-refractivity contribution in [2.75, 3.05) is 33.4 Å². The Labute approximate surface area is 190 Å². The van der Waals surface area contributed by atoms with E-state index in [1.165, 1.54) is 0 Å². The van der Waals surface area contributed by atoms with Gasteiger partial charge in [-0.2, -0.15) is 0 Å². The summed E-state index contributed by atoms with van der Waals surface area (Å²) in [6.45, 7) is 1.34. The van der Waals surface area contributed by atoms with E-state index in [1.807, 2.05) is 53.5 Å². The van der Waals surface area contributed by atoms with Gasteiger partial charge in [-0.15, -0.1) is 0 Å². The van der Waals surface area contributed by atoms with Crippen LogP contribution in [-0.2, 0) is 4.74 Å². The number of piperidine rings is 1. The molecular formula is C23H23Cl2F2N3O. The van der Waals surface area contributed by atoms with Gasteiger partial charge in [0, 0.05) is 54.2 Å². The second-order valence-electron chi connectivity index (χ2n) is 7.69. The van der Waals surface area contributed by atoms with Crippen LogP contribution in [0, 0.1) is 0 Å². The summed E-state index contributed by atoms with van der Waals surface area (Å²) in [6, 6.07) is 14.9. The summed E-state index contributed by atoms with van der Waals surface area (Å²) in [7, 11) is 1.62. The molecule has 0 N–H and O–H groups in total. The number of aliphatic imine (C=N–C) groups is 1. The van der Waals surface area contributed by atoms with Crippen LogP contribution in [0.5, 0.6) is 0 Å². The van der Waals surface area contributed by atoms with Gasteiger partial charge in [-0.25, -0.2) is 13.8 Å². The number of halogens is 4. The molecule has 2 aromatic carbocycles. The normalized spacial score (nSPS) is 19.5. The number of hydrogen-bond acceptors (Lipinski definition) is 4. The molecule has 0 saturated carbocycles. The number of alkyl halides is 2. The van der Waals surface area contributed by atoms with Crippen LogP contribution in [0.15, 0.2) is 53.5 Å². The number of ether oxygens (including phenoxy) is 1.